The van der Waals surface area contributed by atoms with E-state index in [0.717, 1.165) is 22.0 Å². The molecule has 0 fully saturated rings. The lowest BCUT2D eigenvalue weighted by Gasteiger charge is -2.10. The van der Waals surface area contributed by atoms with E-state index in [1.165, 1.54) is 0 Å². The molecule has 0 aliphatic rings. The second-order valence-corrected chi connectivity index (χ2v) is 6.97. The van der Waals surface area contributed by atoms with E-state index < -0.39 is 5.56 Å². The highest BCUT2D eigenvalue weighted by Crippen LogP contribution is 2.23. The quantitative estimate of drug-likeness (QED) is 0.503. The number of amides is 1. The highest BCUT2D eigenvalue weighted by atomic mass is 35.5. The Labute approximate surface area is 164 Å². The van der Waals surface area contributed by atoms with Gasteiger partial charge in [-0.05, 0) is 24.6 Å². The van der Waals surface area contributed by atoms with E-state index in [4.69, 9.17) is 17.4 Å². The smallest absolute Gasteiger partial charge is 0.299 e. The zero-order valence-corrected chi connectivity index (χ0v) is 15.9. The van der Waals surface area contributed by atoms with Crippen LogP contribution in [0.15, 0.2) is 58.5 Å². The zero-order valence-electron chi connectivity index (χ0n) is 14.3. The minimum Gasteiger partial charge on any atom is -0.334 e. The molecule has 1 heterocycles. The van der Waals surface area contributed by atoms with Crippen LogP contribution < -0.4 is 16.7 Å². The van der Waals surface area contributed by atoms with Crippen LogP contribution in [0.5, 0.6) is 0 Å². The minimum atomic E-state index is -0.482. The molecule has 0 aliphatic heterocycles. The second-order valence-electron chi connectivity index (χ2n) is 5.62. The van der Waals surface area contributed by atoms with Gasteiger partial charge in [0, 0.05) is 16.3 Å². The van der Waals surface area contributed by atoms with E-state index in [1.807, 2.05) is 13.0 Å². The average molecular weight is 402 g/mol. The van der Waals surface area contributed by atoms with Crippen molar-refractivity contribution in [3.8, 4) is 11.3 Å². The van der Waals surface area contributed by atoms with Crippen molar-refractivity contribution >= 4 is 35.0 Å². The van der Waals surface area contributed by atoms with Gasteiger partial charge in [-0.1, -0.05) is 59.8 Å². The Morgan fingerprint density at radius 1 is 1.19 bits per heavy atom. The van der Waals surface area contributed by atoms with Gasteiger partial charge < -0.3 is 11.2 Å². The number of carbonyl (C=O) groups excluding carboxylic acids is 1. The van der Waals surface area contributed by atoms with Crippen LogP contribution in [-0.4, -0.2) is 26.5 Å². The van der Waals surface area contributed by atoms with Gasteiger partial charge in [0.15, 0.2) is 5.69 Å². The number of rotatable bonds is 5. The van der Waals surface area contributed by atoms with E-state index in [-0.39, 0.29) is 22.5 Å². The number of anilines is 1. The van der Waals surface area contributed by atoms with E-state index >= 15 is 0 Å². The molecule has 0 saturated heterocycles. The summed E-state index contributed by atoms with van der Waals surface area (Å²) in [7, 11) is 0. The maximum Gasteiger partial charge on any atom is 0.299 e. The van der Waals surface area contributed by atoms with Gasteiger partial charge in [0.25, 0.3) is 5.56 Å². The van der Waals surface area contributed by atoms with Crippen LogP contribution in [0.4, 0.5) is 5.69 Å². The second kappa shape index (κ2) is 8.24. The summed E-state index contributed by atoms with van der Waals surface area (Å²) in [4.78, 5) is 24.6. The Bertz CT molecular complexity index is 1040. The first-order valence-corrected chi connectivity index (χ1v) is 9.31. The molecule has 0 saturated carbocycles. The van der Waals surface area contributed by atoms with Crippen molar-refractivity contribution in [2.24, 2.45) is 0 Å². The topological polar surface area (TPSA) is 103 Å². The van der Waals surface area contributed by atoms with Gasteiger partial charge in [0.1, 0.15) is 0 Å². The third kappa shape index (κ3) is 4.29. The summed E-state index contributed by atoms with van der Waals surface area (Å²) in [6.45, 7) is 1.82. The van der Waals surface area contributed by atoms with Crippen LogP contribution in [0.25, 0.3) is 11.3 Å². The maximum absolute atomic E-state index is 12.4. The molecule has 0 spiro atoms. The van der Waals surface area contributed by atoms with Crippen molar-refractivity contribution in [1.29, 1.82) is 0 Å². The first kappa shape index (κ1) is 18.9. The lowest BCUT2D eigenvalue weighted by atomic mass is 10.2. The number of benzene rings is 2. The van der Waals surface area contributed by atoms with Gasteiger partial charge in [-0.15, -0.1) is 10.2 Å². The number of thioether (sulfide) groups is 1. The SMILES string of the molecule is Cc1c(Cl)cccc1NC(=O)CSc1nnc(-c2ccccc2)c(=O)n1N. The first-order valence-electron chi connectivity index (χ1n) is 7.95. The van der Waals surface area contributed by atoms with E-state index in [2.05, 4.69) is 15.5 Å². The lowest BCUT2D eigenvalue weighted by Crippen LogP contribution is -2.32. The summed E-state index contributed by atoms with van der Waals surface area (Å²) in [5, 5.41) is 11.4. The average Bonchev–Trinajstić information content (AvgIpc) is 2.67. The van der Waals surface area contributed by atoms with Gasteiger partial charge in [0.05, 0.1) is 5.75 Å². The summed E-state index contributed by atoms with van der Waals surface area (Å²) in [5.74, 6) is 5.58. The van der Waals surface area contributed by atoms with Crippen LogP contribution in [0.1, 0.15) is 5.56 Å². The van der Waals surface area contributed by atoms with Crippen LogP contribution in [-0.2, 0) is 4.79 Å². The van der Waals surface area contributed by atoms with Crippen LogP contribution >= 0.6 is 23.4 Å². The minimum absolute atomic E-state index is 0.0158. The molecular weight excluding hydrogens is 386 g/mol. The number of nitrogens with zero attached hydrogens (tertiary/aromatic N) is 3. The number of hydrogen-bond acceptors (Lipinski definition) is 6. The summed E-state index contributed by atoms with van der Waals surface area (Å²) >= 11 is 7.07. The largest absolute Gasteiger partial charge is 0.334 e. The summed E-state index contributed by atoms with van der Waals surface area (Å²) < 4.78 is 0.901. The number of nitrogens with one attached hydrogen (secondary N) is 1. The number of nitrogen functional groups attached to an aromatic ring is 1. The molecule has 0 aliphatic carbocycles. The van der Waals surface area contributed by atoms with Crippen molar-refractivity contribution in [3.63, 3.8) is 0 Å². The Morgan fingerprint density at radius 2 is 1.93 bits per heavy atom. The summed E-state index contributed by atoms with van der Waals surface area (Å²) in [5.41, 5.74) is 1.70. The molecule has 1 aromatic heterocycles. The molecule has 0 radical (unpaired) electrons. The number of nitrogens with two attached hydrogens (primary N) is 1. The predicted molar refractivity (Wildman–Crippen MR) is 107 cm³/mol. The Balaban J connectivity index is 1.71. The van der Waals surface area contributed by atoms with E-state index in [0.29, 0.717) is 16.3 Å². The van der Waals surface area contributed by atoms with E-state index in [1.54, 1.807) is 42.5 Å². The Hall–Kier alpha value is -2.84. The van der Waals surface area contributed by atoms with Gasteiger partial charge in [-0.2, -0.15) is 4.68 Å². The molecule has 1 amide bonds. The number of halogens is 1. The molecule has 2 aromatic carbocycles. The Kier molecular flexibility index (Phi) is 5.78. The fourth-order valence-electron chi connectivity index (χ4n) is 2.32. The molecule has 138 valence electrons. The van der Waals surface area contributed by atoms with Crippen molar-refractivity contribution < 1.29 is 4.79 Å². The normalized spacial score (nSPS) is 10.6. The van der Waals surface area contributed by atoms with Crippen molar-refractivity contribution in [3.05, 3.63) is 69.5 Å². The third-order valence-corrected chi connectivity index (χ3v) is 5.14. The molecule has 0 bridgehead atoms. The maximum atomic E-state index is 12.4. The molecule has 0 unspecified atom stereocenters. The number of hydrogen-bond donors (Lipinski definition) is 2. The highest BCUT2D eigenvalue weighted by Gasteiger charge is 2.14. The first-order chi connectivity index (χ1) is 13.0. The van der Waals surface area contributed by atoms with Crippen LogP contribution in [0.2, 0.25) is 5.02 Å². The van der Waals surface area contributed by atoms with Gasteiger partial charge in [-0.25, -0.2) is 0 Å². The predicted octanol–water partition coefficient (Wildman–Crippen LogP) is 2.71. The number of aromatic nitrogens is 3. The third-order valence-electron chi connectivity index (χ3n) is 3.78. The van der Waals surface area contributed by atoms with Gasteiger partial charge in [0.2, 0.25) is 11.1 Å². The fourth-order valence-corrected chi connectivity index (χ4v) is 3.15. The molecule has 27 heavy (non-hydrogen) atoms. The molecule has 3 N–H and O–H groups in total. The molecule has 3 rings (SSSR count). The zero-order chi connectivity index (χ0) is 19.4. The van der Waals surface area contributed by atoms with Crippen LogP contribution in [0, 0.1) is 6.92 Å². The highest BCUT2D eigenvalue weighted by molar-refractivity contribution is 7.99. The number of carbonyl (C=O) groups is 1. The molecule has 0 atom stereocenters. The molecule has 3 aromatic rings. The van der Waals surface area contributed by atoms with Crippen molar-refractivity contribution in [1.82, 2.24) is 14.9 Å². The van der Waals surface area contributed by atoms with Gasteiger partial charge in [-0.3, -0.25) is 9.59 Å². The molecular formula is C18H16ClN5O2S. The Morgan fingerprint density at radius 3 is 2.67 bits per heavy atom. The standard InChI is InChI=1S/C18H16ClN5O2S/c1-11-13(19)8-5-9-14(11)21-15(25)10-27-18-23-22-16(17(26)24(18)20)12-6-3-2-4-7-12/h2-9H,10,20H2,1H3,(H,21,25). The van der Waals surface area contributed by atoms with Crippen molar-refractivity contribution in [2.45, 2.75) is 12.1 Å². The molecule has 9 heteroatoms. The fraction of sp³-hybridized carbons (Fsp3) is 0.111. The van der Waals surface area contributed by atoms with E-state index in [9.17, 15) is 9.59 Å². The van der Waals surface area contributed by atoms with Crippen LogP contribution in [0.3, 0.4) is 0 Å². The monoisotopic (exact) mass is 401 g/mol. The molecule has 7 nitrogen and oxygen atoms in total. The lowest BCUT2D eigenvalue weighted by molar-refractivity contribution is -0.113. The summed E-state index contributed by atoms with van der Waals surface area (Å²) in [6, 6.07) is 14.2. The van der Waals surface area contributed by atoms with Crippen molar-refractivity contribution in [2.75, 3.05) is 16.9 Å². The summed E-state index contributed by atoms with van der Waals surface area (Å²) in [6.07, 6.45) is 0. The van der Waals surface area contributed by atoms with Gasteiger partial charge >= 0.3 is 0 Å².